The van der Waals surface area contributed by atoms with Crippen molar-refractivity contribution in [1.82, 2.24) is 14.8 Å². The average Bonchev–Trinajstić information content (AvgIpc) is 3.61. The quantitative estimate of drug-likeness (QED) is 0.423. The van der Waals surface area contributed by atoms with Crippen LogP contribution < -0.4 is 4.90 Å². The number of hydrogen-bond donors (Lipinski definition) is 0. The Morgan fingerprint density at radius 2 is 2.09 bits per heavy atom. The molecule has 0 atom stereocenters. The van der Waals surface area contributed by atoms with E-state index in [-0.39, 0.29) is 0 Å². The molecule has 0 aromatic carbocycles. The van der Waals surface area contributed by atoms with Crippen LogP contribution >= 0.6 is 0 Å². The van der Waals surface area contributed by atoms with Crippen LogP contribution in [0.15, 0.2) is 65.8 Å². The molecule has 170 valence electrons. The minimum atomic E-state index is 0.708. The molecule has 0 N–H and O–H groups in total. The van der Waals surface area contributed by atoms with Crippen LogP contribution in [0.2, 0.25) is 0 Å². The van der Waals surface area contributed by atoms with E-state index >= 15 is 0 Å². The Bertz CT molecular complexity index is 1240. The summed E-state index contributed by atoms with van der Waals surface area (Å²) in [7, 11) is 0. The number of morpholine rings is 1. The van der Waals surface area contributed by atoms with Crippen LogP contribution in [0.5, 0.6) is 0 Å². The van der Waals surface area contributed by atoms with Crippen molar-refractivity contribution in [3.05, 3.63) is 72.8 Å². The van der Waals surface area contributed by atoms with E-state index in [1.54, 1.807) is 6.08 Å². The molecule has 0 radical (unpaired) electrons. The Morgan fingerprint density at radius 3 is 2.85 bits per heavy atom. The molecule has 1 aliphatic heterocycles. The molecule has 33 heavy (non-hydrogen) atoms. The summed E-state index contributed by atoms with van der Waals surface area (Å²) in [5, 5.41) is 4.85. The summed E-state index contributed by atoms with van der Waals surface area (Å²) in [6.07, 6.45) is 16.4. The van der Waals surface area contributed by atoms with Gasteiger partial charge in [-0.15, -0.1) is 0 Å². The highest BCUT2D eigenvalue weighted by molar-refractivity contribution is 5.90. The van der Waals surface area contributed by atoms with Gasteiger partial charge in [-0.1, -0.05) is 43.9 Å². The first-order chi connectivity index (χ1) is 16.3. The lowest BCUT2D eigenvalue weighted by Gasteiger charge is -2.29. The van der Waals surface area contributed by atoms with Crippen LogP contribution in [0.3, 0.4) is 0 Å². The predicted octanol–water partition coefficient (Wildman–Crippen LogP) is 5.95. The highest BCUT2D eigenvalue weighted by Crippen LogP contribution is 2.34. The van der Waals surface area contributed by atoms with E-state index in [9.17, 15) is 0 Å². The first-order valence-electron chi connectivity index (χ1n) is 11.8. The van der Waals surface area contributed by atoms with E-state index in [0.29, 0.717) is 13.2 Å². The third-order valence-electron chi connectivity index (χ3n) is 6.23. The first kappa shape index (κ1) is 21.5. The van der Waals surface area contributed by atoms with Crippen LogP contribution in [0, 0.1) is 0 Å². The molecule has 3 aromatic heterocycles. The van der Waals surface area contributed by atoms with Gasteiger partial charge in [-0.3, -0.25) is 0 Å². The second-order valence-corrected chi connectivity index (χ2v) is 8.36. The van der Waals surface area contributed by atoms with Crippen molar-refractivity contribution in [2.75, 3.05) is 31.2 Å². The number of ether oxygens (including phenoxy) is 1. The molecule has 1 saturated heterocycles. The van der Waals surface area contributed by atoms with E-state index in [1.807, 2.05) is 29.1 Å². The Balaban J connectivity index is 1.59. The molecule has 1 fully saturated rings. The van der Waals surface area contributed by atoms with Gasteiger partial charge in [0.2, 0.25) is 0 Å². The summed E-state index contributed by atoms with van der Waals surface area (Å²) >= 11 is 0. The fourth-order valence-electron chi connectivity index (χ4n) is 4.46. The number of nitrogens with zero attached hydrogens (tertiary/aromatic N) is 4. The number of anilines is 1. The fraction of sp³-hybridized carbons (Fsp3) is 0.333. The Labute approximate surface area is 194 Å². The Hall–Kier alpha value is -3.38. The van der Waals surface area contributed by atoms with Crippen molar-refractivity contribution in [3.63, 3.8) is 0 Å². The van der Waals surface area contributed by atoms with Gasteiger partial charge in [0.1, 0.15) is 11.3 Å². The van der Waals surface area contributed by atoms with Crippen molar-refractivity contribution in [1.29, 1.82) is 0 Å². The number of aromatic nitrogens is 3. The maximum atomic E-state index is 6.40. The van der Waals surface area contributed by atoms with Crippen LogP contribution in [0.25, 0.3) is 28.1 Å². The molecule has 0 saturated carbocycles. The lowest BCUT2D eigenvalue weighted by Crippen LogP contribution is -2.36. The first-order valence-corrected chi connectivity index (χ1v) is 11.8. The zero-order valence-electron chi connectivity index (χ0n) is 19.2. The zero-order valence-corrected chi connectivity index (χ0v) is 19.2. The van der Waals surface area contributed by atoms with E-state index in [4.69, 9.17) is 19.2 Å². The third kappa shape index (κ3) is 4.44. The van der Waals surface area contributed by atoms with Crippen molar-refractivity contribution < 1.29 is 9.15 Å². The molecule has 5 rings (SSSR count). The van der Waals surface area contributed by atoms with Gasteiger partial charge in [0.25, 0.3) is 0 Å². The molecule has 3 aromatic rings. The number of allylic oxidation sites excluding steroid dienone is 7. The summed E-state index contributed by atoms with van der Waals surface area (Å²) in [5.41, 5.74) is 6.19. The zero-order chi connectivity index (χ0) is 22.6. The van der Waals surface area contributed by atoms with Crippen LogP contribution in [-0.4, -0.2) is 41.1 Å². The van der Waals surface area contributed by atoms with Gasteiger partial charge in [0, 0.05) is 31.4 Å². The predicted molar refractivity (Wildman–Crippen MR) is 134 cm³/mol. The molecule has 0 bridgehead atoms. The van der Waals surface area contributed by atoms with Gasteiger partial charge < -0.3 is 14.1 Å². The molecular formula is C27H30N4O2. The topological polar surface area (TPSA) is 56.3 Å². The van der Waals surface area contributed by atoms with Crippen LogP contribution in [0.1, 0.15) is 44.1 Å². The van der Waals surface area contributed by atoms with Crippen LogP contribution in [0.4, 0.5) is 5.69 Å². The largest absolute Gasteiger partial charge is 0.453 e. The molecule has 0 amide bonds. The van der Waals surface area contributed by atoms with E-state index < -0.39 is 0 Å². The fourth-order valence-corrected chi connectivity index (χ4v) is 4.46. The molecule has 1 aliphatic carbocycles. The average molecular weight is 443 g/mol. The van der Waals surface area contributed by atoms with E-state index in [1.165, 1.54) is 12.0 Å². The summed E-state index contributed by atoms with van der Waals surface area (Å²) in [6, 6.07) is 6.22. The van der Waals surface area contributed by atoms with Crippen LogP contribution in [-0.2, 0) is 4.74 Å². The Morgan fingerprint density at radius 1 is 1.21 bits per heavy atom. The highest BCUT2D eigenvalue weighted by Gasteiger charge is 2.21. The monoisotopic (exact) mass is 442 g/mol. The maximum absolute atomic E-state index is 6.40. The van der Waals surface area contributed by atoms with Crippen molar-refractivity contribution in [3.8, 4) is 5.82 Å². The number of furan rings is 1. The Kier molecular flexibility index (Phi) is 6.26. The van der Waals surface area contributed by atoms with Gasteiger partial charge >= 0.3 is 0 Å². The van der Waals surface area contributed by atoms with Gasteiger partial charge in [0.15, 0.2) is 11.4 Å². The molecule has 6 nitrogen and oxygen atoms in total. The maximum Gasteiger partial charge on any atom is 0.176 e. The molecule has 4 heterocycles. The second kappa shape index (κ2) is 9.63. The molecule has 0 unspecified atom stereocenters. The van der Waals surface area contributed by atoms with Gasteiger partial charge in [0.05, 0.1) is 24.6 Å². The third-order valence-corrected chi connectivity index (χ3v) is 6.23. The number of rotatable bonds is 7. The minimum absolute atomic E-state index is 0.708. The number of pyridine rings is 1. The SMILES string of the molecule is C=C/C=C\C=C(/CC)c1cc2nc(-n3ccc(C4=CCCC4)n3)cc(N3CCOCC3)c2o1. The van der Waals surface area contributed by atoms with E-state index in [0.717, 1.165) is 72.0 Å². The van der Waals surface area contributed by atoms with Crippen molar-refractivity contribution in [2.45, 2.75) is 32.6 Å². The molecular weight excluding hydrogens is 412 g/mol. The smallest absolute Gasteiger partial charge is 0.176 e. The minimum Gasteiger partial charge on any atom is -0.453 e. The molecule has 2 aliphatic rings. The van der Waals surface area contributed by atoms with Crippen molar-refractivity contribution >= 4 is 27.9 Å². The number of fused-ring (bicyclic) bond motifs is 1. The van der Waals surface area contributed by atoms with Gasteiger partial charge in [-0.25, -0.2) is 9.67 Å². The normalized spacial score (nSPS) is 17.3. The standard InChI is InChI=1S/C27H30N4O2/c1-3-5-6-9-20(4-2)25-18-23-27(33-25)24(30-14-16-32-17-15-30)19-26(28-23)31-13-12-22(29-31)21-10-7-8-11-21/h3,5-6,9-10,12-13,18-19H,1,4,7-8,11,14-17H2,2H3/b6-5-,20-9+. The molecule has 0 spiro atoms. The summed E-state index contributed by atoms with van der Waals surface area (Å²) in [4.78, 5) is 7.26. The second-order valence-electron chi connectivity index (χ2n) is 8.36. The van der Waals surface area contributed by atoms with E-state index in [2.05, 4.69) is 42.7 Å². The van der Waals surface area contributed by atoms with Crippen molar-refractivity contribution in [2.24, 2.45) is 0 Å². The lowest BCUT2D eigenvalue weighted by atomic mass is 10.1. The van der Waals surface area contributed by atoms with Gasteiger partial charge in [-0.2, -0.15) is 5.10 Å². The summed E-state index contributed by atoms with van der Waals surface area (Å²) in [5.74, 6) is 1.65. The van der Waals surface area contributed by atoms with Gasteiger partial charge in [-0.05, 0) is 42.9 Å². The molecule has 6 heteroatoms. The summed E-state index contributed by atoms with van der Waals surface area (Å²) in [6.45, 7) is 8.94. The highest BCUT2D eigenvalue weighted by atomic mass is 16.5. The summed E-state index contributed by atoms with van der Waals surface area (Å²) < 4.78 is 13.9. The lowest BCUT2D eigenvalue weighted by molar-refractivity contribution is 0.122. The number of hydrogen-bond acceptors (Lipinski definition) is 5.